The molecule has 9 heteroatoms. The lowest BCUT2D eigenvalue weighted by atomic mass is 10.1. The van der Waals surface area contributed by atoms with Crippen LogP contribution in [0.5, 0.6) is 11.5 Å². The Bertz CT molecular complexity index is 770. The van der Waals surface area contributed by atoms with Crippen molar-refractivity contribution in [2.45, 2.75) is 31.9 Å². The van der Waals surface area contributed by atoms with Crippen LogP contribution in [-0.2, 0) is 25.8 Å². The van der Waals surface area contributed by atoms with E-state index in [9.17, 15) is 13.2 Å². The molecule has 1 aromatic rings. The van der Waals surface area contributed by atoms with Crippen molar-refractivity contribution in [2.75, 3.05) is 38.6 Å². The van der Waals surface area contributed by atoms with E-state index in [4.69, 9.17) is 14.2 Å². The van der Waals surface area contributed by atoms with Crippen molar-refractivity contribution in [3.63, 3.8) is 0 Å². The Balaban J connectivity index is 1.33. The third-order valence-electron chi connectivity index (χ3n) is 4.81. The molecule has 3 rings (SSSR count). The molecule has 0 spiro atoms. The van der Waals surface area contributed by atoms with Crippen LogP contribution in [0.25, 0.3) is 0 Å². The molecule has 2 aliphatic heterocycles. The minimum Gasteiger partial charge on any atom is -0.454 e. The van der Waals surface area contributed by atoms with Gasteiger partial charge in [-0.3, -0.25) is 9.69 Å². The van der Waals surface area contributed by atoms with Gasteiger partial charge in [0, 0.05) is 6.04 Å². The monoisotopic (exact) mass is 398 g/mol. The first-order valence-electron chi connectivity index (χ1n) is 9.00. The molecule has 1 unspecified atom stereocenters. The van der Waals surface area contributed by atoms with Gasteiger partial charge in [0.05, 0.1) is 37.3 Å². The van der Waals surface area contributed by atoms with Crippen LogP contribution in [0.1, 0.15) is 18.9 Å². The summed E-state index contributed by atoms with van der Waals surface area (Å²) in [6.45, 7) is 3.03. The maximum absolute atomic E-state index is 11.9. The fourth-order valence-electron chi connectivity index (χ4n) is 2.95. The molecule has 2 heterocycles. The fourth-order valence-corrected chi connectivity index (χ4v) is 4.18. The second-order valence-electron chi connectivity index (χ2n) is 7.08. The molecule has 1 aromatic carbocycles. The number of carbonyl (C=O) groups is 1. The summed E-state index contributed by atoms with van der Waals surface area (Å²) in [6.07, 6.45) is 0.788. The van der Waals surface area contributed by atoms with Gasteiger partial charge in [-0.2, -0.15) is 0 Å². The molecule has 2 aliphatic rings. The molecule has 8 nitrogen and oxygen atoms in total. The van der Waals surface area contributed by atoms with Crippen molar-refractivity contribution in [3.05, 3.63) is 23.8 Å². The Kier molecular flexibility index (Phi) is 6.23. The van der Waals surface area contributed by atoms with Crippen molar-refractivity contribution in [3.8, 4) is 11.5 Å². The van der Waals surface area contributed by atoms with Crippen molar-refractivity contribution in [2.24, 2.45) is 0 Å². The van der Waals surface area contributed by atoms with Gasteiger partial charge in [0.15, 0.2) is 21.3 Å². The standard InChI is InChI=1S/C18H26N2O6S/c1-13(7-14-3-4-16-17(8-14)26-12-25-16)20(2)11-19-18(21)5-6-24-15-9-27(22,23)10-15/h3-4,8,13,15H,5-7,9-12H2,1-2H3,(H,19,21). The predicted octanol–water partition coefficient (Wildman–Crippen LogP) is 0.556. The van der Waals surface area contributed by atoms with E-state index in [-0.39, 0.29) is 49.4 Å². The first-order chi connectivity index (χ1) is 12.8. The lowest BCUT2D eigenvalue weighted by molar-refractivity contribution is -0.123. The Hall–Kier alpha value is -1.84. The number of nitrogens with zero attached hydrogens (tertiary/aromatic N) is 1. The van der Waals surface area contributed by atoms with Crippen LogP contribution >= 0.6 is 0 Å². The zero-order valence-electron chi connectivity index (χ0n) is 15.6. The number of fused-ring (bicyclic) bond motifs is 1. The molecule has 1 atom stereocenters. The average molecular weight is 398 g/mol. The highest BCUT2D eigenvalue weighted by Gasteiger charge is 2.34. The number of amides is 1. The van der Waals surface area contributed by atoms with E-state index in [1.54, 1.807) is 0 Å². The number of hydrogen-bond acceptors (Lipinski definition) is 7. The summed E-state index contributed by atoms with van der Waals surface area (Å²) < 4.78 is 38.2. The largest absolute Gasteiger partial charge is 0.454 e. The van der Waals surface area contributed by atoms with Gasteiger partial charge in [0.25, 0.3) is 0 Å². The van der Waals surface area contributed by atoms with E-state index in [2.05, 4.69) is 17.1 Å². The molecule has 1 saturated heterocycles. The third kappa shape index (κ3) is 5.57. The number of hydrogen-bond donors (Lipinski definition) is 1. The van der Waals surface area contributed by atoms with E-state index in [0.717, 1.165) is 23.5 Å². The summed E-state index contributed by atoms with van der Waals surface area (Å²) in [5.41, 5.74) is 1.15. The molecule has 1 amide bonds. The minimum absolute atomic E-state index is 0.0642. The van der Waals surface area contributed by atoms with E-state index in [0.29, 0.717) is 6.67 Å². The van der Waals surface area contributed by atoms with Crippen molar-refractivity contribution in [1.29, 1.82) is 0 Å². The van der Waals surface area contributed by atoms with Crippen LogP contribution < -0.4 is 14.8 Å². The van der Waals surface area contributed by atoms with Crippen molar-refractivity contribution < 1.29 is 27.4 Å². The van der Waals surface area contributed by atoms with Crippen molar-refractivity contribution in [1.82, 2.24) is 10.2 Å². The van der Waals surface area contributed by atoms with Gasteiger partial charge in [-0.25, -0.2) is 8.42 Å². The normalized spacial score (nSPS) is 18.9. The number of benzene rings is 1. The zero-order chi connectivity index (χ0) is 19.4. The molecular formula is C18H26N2O6S. The quantitative estimate of drug-likeness (QED) is 0.607. The lowest BCUT2D eigenvalue weighted by Gasteiger charge is -2.26. The first-order valence-corrected chi connectivity index (χ1v) is 10.8. The molecule has 1 fully saturated rings. The summed E-state index contributed by atoms with van der Waals surface area (Å²) in [6, 6.07) is 6.15. The maximum atomic E-state index is 11.9. The highest BCUT2D eigenvalue weighted by atomic mass is 32.2. The summed E-state index contributed by atoms with van der Waals surface area (Å²) in [7, 11) is -0.937. The van der Waals surface area contributed by atoms with Crippen LogP contribution in [0.15, 0.2) is 18.2 Å². The second-order valence-corrected chi connectivity index (χ2v) is 9.23. The molecule has 0 bridgehead atoms. The molecule has 0 aromatic heterocycles. The summed E-state index contributed by atoms with van der Waals surface area (Å²) in [5, 5.41) is 2.86. The van der Waals surface area contributed by atoms with Crippen LogP contribution in [-0.4, -0.2) is 70.0 Å². The smallest absolute Gasteiger partial charge is 0.231 e. The minimum atomic E-state index is -2.89. The molecule has 0 radical (unpaired) electrons. The second kappa shape index (κ2) is 8.45. The van der Waals surface area contributed by atoms with Gasteiger partial charge in [-0.15, -0.1) is 0 Å². The van der Waals surface area contributed by atoms with Crippen molar-refractivity contribution >= 4 is 15.7 Å². The highest BCUT2D eigenvalue weighted by molar-refractivity contribution is 7.92. The number of sulfone groups is 1. The Morgan fingerprint density at radius 3 is 2.81 bits per heavy atom. The van der Waals surface area contributed by atoms with Gasteiger partial charge in [-0.1, -0.05) is 6.07 Å². The van der Waals surface area contributed by atoms with E-state index < -0.39 is 9.84 Å². The predicted molar refractivity (Wildman–Crippen MR) is 99.5 cm³/mol. The average Bonchev–Trinajstić information content (AvgIpc) is 3.05. The van der Waals surface area contributed by atoms with Gasteiger partial charge in [0.2, 0.25) is 12.7 Å². The molecule has 27 heavy (non-hydrogen) atoms. The van der Waals surface area contributed by atoms with Crippen LogP contribution in [0.3, 0.4) is 0 Å². The zero-order valence-corrected chi connectivity index (χ0v) is 16.5. The number of ether oxygens (including phenoxy) is 3. The molecule has 0 saturated carbocycles. The number of rotatable bonds is 9. The molecule has 1 N–H and O–H groups in total. The van der Waals surface area contributed by atoms with E-state index in [1.807, 2.05) is 25.2 Å². The topological polar surface area (TPSA) is 94.2 Å². The number of carbonyl (C=O) groups excluding carboxylic acids is 1. The van der Waals surface area contributed by atoms with Crippen LogP contribution in [0.2, 0.25) is 0 Å². The Labute approximate surface area is 159 Å². The van der Waals surface area contributed by atoms with Crippen LogP contribution in [0.4, 0.5) is 0 Å². The SMILES string of the molecule is CC(Cc1ccc2c(c1)OCO2)N(C)CNC(=O)CCOC1CS(=O)(=O)C1. The fraction of sp³-hybridized carbons (Fsp3) is 0.611. The van der Waals surface area contributed by atoms with Crippen LogP contribution in [0, 0.1) is 0 Å². The summed E-state index contributed by atoms with van der Waals surface area (Å²) in [4.78, 5) is 14.0. The number of likely N-dealkylation sites (N-methyl/N-ethyl adjacent to an activating group) is 1. The lowest BCUT2D eigenvalue weighted by Crippen LogP contribution is -2.44. The first kappa shape index (κ1) is 19.9. The number of nitrogens with one attached hydrogen (secondary N) is 1. The van der Waals surface area contributed by atoms with Gasteiger partial charge in [-0.05, 0) is 38.1 Å². The van der Waals surface area contributed by atoms with E-state index >= 15 is 0 Å². The molecule has 0 aliphatic carbocycles. The molecular weight excluding hydrogens is 372 g/mol. The summed E-state index contributed by atoms with van der Waals surface area (Å²) >= 11 is 0. The highest BCUT2D eigenvalue weighted by Crippen LogP contribution is 2.32. The van der Waals surface area contributed by atoms with Gasteiger partial charge < -0.3 is 19.5 Å². The van der Waals surface area contributed by atoms with Gasteiger partial charge in [0.1, 0.15) is 0 Å². The van der Waals surface area contributed by atoms with E-state index in [1.165, 1.54) is 0 Å². The molecule has 150 valence electrons. The Morgan fingerprint density at radius 2 is 2.07 bits per heavy atom. The summed E-state index contributed by atoms with van der Waals surface area (Å²) in [5.74, 6) is 1.56. The maximum Gasteiger partial charge on any atom is 0.231 e. The van der Waals surface area contributed by atoms with Gasteiger partial charge >= 0.3 is 0 Å². The Morgan fingerprint density at radius 1 is 1.33 bits per heavy atom. The third-order valence-corrected chi connectivity index (χ3v) is 6.57.